The van der Waals surface area contributed by atoms with Crippen LogP contribution < -0.4 is 5.73 Å². The molecule has 1 unspecified atom stereocenters. The van der Waals surface area contributed by atoms with Gasteiger partial charge in [0.1, 0.15) is 12.5 Å². The molecule has 0 aliphatic carbocycles. The van der Waals surface area contributed by atoms with Crippen molar-refractivity contribution in [3.63, 3.8) is 0 Å². The molecule has 0 aromatic carbocycles. The molecule has 5 nitrogen and oxygen atoms in total. The zero-order valence-corrected chi connectivity index (χ0v) is 6.73. The first kappa shape index (κ1) is 9.05. The third kappa shape index (κ3) is 2.91. The average Bonchev–Trinajstić information content (AvgIpc) is 2.53. The second-order valence-corrected chi connectivity index (χ2v) is 2.54. The van der Waals surface area contributed by atoms with Crippen LogP contribution in [-0.4, -0.2) is 32.9 Å². The number of nitrogens with zero attached hydrogens (tertiary/aromatic N) is 4. The second-order valence-electron chi connectivity index (χ2n) is 2.54. The Balaban J connectivity index is 2.17. The molecule has 0 radical (unpaired) electrons. The molecule has 6 heteroatoms. The van der Waals surface area contributed by atoms with Gasteiger partial charge in [0.2, 0.25) is 0 Å². The largest absolute Gasteiger partial charge is 0.330 e. The van der Waals surface area contributed by atoms with Gasteiger partial charge in [-0.25, -0.2) is 9.07 Å². The molecule has 1 rings (SSSR count). The topological polar surface area (TPSA) is 69.6 Å². The summed E-state index contributed by atoms with van der Waals surface area (Å²) in [6.45, 7) is 0.894. The molecule has 0 amide bonds. The number of alkyl halides is 1. The highest BCUT2D eigenvalue weighted by Crippen LogP contribution is 2.02. The molecular formula is C6H12FN5. The summed E-state index contributed by atoms with van der Waals surface area (Å²) in [7, 11) is 0. The number of halogens is 1. The maximum absolute atomic E-state index is 12.8. The van der Waals surface area contributed by atoms with Crippen LogP contribution in [0.2, 0.25) is 0 Å². The summed E-state index contributed by atoms with van der Waals surface area (Å²) in [4.78, 5) is 0. The lowest BCUT2D eigenvalue weighted by molar-refractivity contribution is 0.282. The Morgan fingerprint density at radius 1 is 1.50 bits per heavy atom. The minimum Gasteiger partial charge on any atom is -0.330 e. The normalized spacial score (nSPS) is 13.2. The second kappa shape index (κ2) is 4.76. The van der Waals surface area contributed by atoms with Crippen molar-refractivity contribution in [2.24, 2.45) is 5.73 Å². The van der Waals surface area contributed by atoms with E-state index in [0.29, 0.717) is 25.9 Å². The van der Waals surface area contributed by atoms with Crippen molar-refractivity contribution in [1.82, 2.24) is 20.2 Å². The lowest BCUT2D eigenvalue weighted by atomic mass is 10.2. The highest BCUT2D eigenvalue weighted by molar-refractivity contribution is 4.57. The highest BCUT2D eigenvalue weighted by Gasteiger charge is 2.05. The van der Waals surface area contributed by atoms with Gasteiger partial charge >= 0.3 is 0 Å². The Kier molecular flexibility index (Phi) is 3.59. The Bertz CT molecular complexity index is 200. The maximum atomic E-state index is 12.8. The number of hydrogen-bond acceptors (Lipinski definition) is 4. The lowest BCUT2D eigenvalue weighted by Crippen LogP contribution is -2.12. The number of tetrazole rings is 1. The summed E-state index contributed by atoms with van der Waals surface area (Å²) in [5.74, 6) is 0. The van der Waals surface area contributed by atoms with E-state index >= 15 is 0 Å². The van der Waals surface area contributed by atoms with E-state index in [1.165, 1.54) is 11.0 Å². The van der Waals surface area contributed by atoms with Gasteiger partial charge in [-0.15, -0.1) is 5.10 Å². The zero-order chi connectivity index (χ0) is 8.81. The van der Waals surface area contributed by atoms with Gasteiger partial charge in [-0.1, -0.05) is 0 Å². The Morgan fingerprint density at radius 3 is 2.92 bits per heavy atom. The van der Waals surface area contributed by atoms with Gasteiger partial charge in [-0.2, -0.15) is 0 Å². The summed E-state index contributed by atoms with van der Waals surface area (Å²) in [5, 5.41) is 10.5. The van der Waals surface area contributed by atoms with Gasteiger partial charge in [0.05, 0.1) is 0 Å². The number of aryl methyl sites for hydroxylation is 1. The molecule has 68 valence electrons. The van der Waals surface area contributed by atoms with Gasteiger partial charge < -0.3 is 5.73 Å². The molecule has 12 heavy (non-hydrogen) atoms. The van der Waals surface area contributed by atoms with Crippen molar-refractivity contribution < 1.29 is 4.39 Å². The molecule has 0 saturated heterocycles. The van der Waals surface area contributed by atoms with E-state index in [4.69, 9.17) is 5.73 Å². The Labute approximate surface area is 69.7 Å². The van der Waals surface area contributed by atoms with E-state index < -0.39 is 6.17 Å². The van der Waals surface area contributed by atoms with Crippen molar-refractivity contribution in [3.05, 3.63) is 6.33 Å². The first-order valence-corrected chi connectivity index (χ1v) is 3.88. The van der Waals surface area contributed by atoms with Crippen LogP contribution in [0, 0.1) is 0 Å². The first-order chi connectivity index (χ1) is 5.83. The van der Waals surface area contributed by atoms with Crippen molar-refractivity contribution in [2.45, 2.75) is 25.6 Å². The fraction of sp³-hybridized carbons (Fsp3) is 0.833. The lowest BCUT2D eigenvalue weighted by Gasteiger charge is -2.04. The van der Waals surface area contributed by atoms with E-state index in [1.54, 1.807) is 0 Å². The molecule has 0 aliphatic heterocycles. The maximum Gasteiger partial charge on any atom is 0.138 e. The smallest absolute Gasteiger partial charge is 0.138 e. The summed E-state index contributed by atoms with van der Waals surface area (Å²) in [5.41, 5.74) is 5.19. The number of hydrogen-bond donors (Lipinski definition) is 1. The van der Waals surface area contributed by atoms with Crippen molar-refractivity contribution >= 4 is 0 Å². The van der Waals surface area contributed by atoms with E-state index in [2.05, 4.69) is 15.5 Å². The first-order valence-electron chi connectivity index (χ1n) is 3.88. The SMILES string of the molecule is NCCC(F)CCn1cnnn1. The van der Waals surface area contributed by atoms with Crippen molar-refractivity contribution in [2.75, 3.05) is 6.54 Å². The molecule has 0 bridgehead atoms. The average molecular weight is 173 g/mol. The number of nitrogens with two attached hydrogens (primary N) is 1. The predicted octanol–water partition coefficient (Wildman–Crippen LogP) is -0.250. The molecule has 1 heterocycles. The van der Waals surface area contributed by atoms with Crippen LogP contribution in [0.1, 0.15) is 12.8 Å². The van der Waals surface area contributed by atoms with E-state index in [0.717, 1.165) is 0 Å². The molecule has 1 aromatic rings. The zero-order valence-electron chi connectivity index (χ0n) is 6.73. The van der Waals surface area contributed by atoms with Crippen molar-refractivity contribution in [3.8, 4) is 0 Å². The summed E-state index contributed by atoms with van der Waals surface area (Å²) >= 11 is 0. The molecule has 0 saturated carbocycles. The van der Waals surface area contributed by atoms with E-state index in [9.17, 15) is 4.39 Å². The van der Waals surface area contributed by atoms with Gasteiger partial charge in [-0.3, -0.25) is 0 Å². The van der Waals surface area contributed by atoms with E-state index in [-0.39, 0.29) is 0 Å². The van der Waals surface area contributed by atoms with Crippen LogP contribution in [0.3, 0.4) is 0 Å². The molecule has 2 N–H and O–H groups in total. The summed E-state index contributed by atoms with van der Waals surface area (Å²) < 4.78 is 14.3. The molecule has 1 aromatic heterocycles. The third-order valence-corrected chi connectivity index (χ3v) is 1.54. The monoisotopic (exact) mass is 173 g/mol. The van der Waals surface area contributed by atoms with Crippen LogP contribution in [0.15, 0.2) is 6.33 Å². The number of aromatic nitrogens is 4. The van der Waals surface area contributed by atoms with Gasteiger partial charge in [0.15, 0.2) is 0 Å². The molecule has 0 fully saturated rings. The minimum atomic E-state index is -0.848. The molecule has 1 atom stereocenters. The van der Waals surface area contributed by atoms with Crippen molar-refractivity contribution in [1.29, 1.82) is 0 Å². The summed E-state index contributed by atoms with van der Waals surface area (Å²) in [6, 6.07) is 0. The van der Waals surface area contributed by atoms with Gasteiger partial charge in [-0.05, 0) is 29.8 Å². The standard InChI is InChI=1S/C6H12FN5/c7-6(1-3-8)2-4-12-5-9-10-11-12/h5-6H,1-4,8H2. The predicted molar refractivity (Wildman–Crippen MR) is 41.0 cm³/mol. The van der Waals surface area contributed by atoms with Crippen LogP contribution in [-0.2, 0) is 6.54 Å². The molecule has 0 spiro atoms. The van der Waals surface area contributed by atoms with Crippen LogP contribution in [0.25, 0.3) is 0 Å². The van der Waals surface area contributed by atoms with Gasteiger partial charge in [0, 0.05) is 6.54 Å². The third-order valence-electron chi connectivity index (χ3n) is 1.54. The fourth-order valence-electron chi connectivity index (χ4n) is 0.880. The quantitative estimate of drug-likeness (QED) is 0.666. The van der Waals surface area contributed by atoms with E-state index in [1.807, 2.05) is 0 Å². The van der Waals surface area contributed by atoms with Crippen LogP contribution in [0.4, 0.5) is 4.39 Å². The van der Waals surface area contributed by atoms with Crippen LogP contribution in [0.5, 0.6) is 0 Å². The molecular weight excluding hydrogens is 161 g/mol. The molecule has 0 aliphatic rings. The Morgan fingerprint density at radius 2 is 2.33 bits per heavy atom. The Hall–Kier alpha value is -1.04. The fourth-order valence-corrected chi connectivity index (χ4v) is 0.880. The van der Waals surface area contributed by atoms with Gasteiger partial charge in [0.25, 0.3) is 0 Å². The highest BCUT2D eigenvalue weighted by atomic mass is 19.1. The summed E-state index contributed by atoms with van der Waals surface area (Å²) in [6.07, 6.45) is 1.44. The number of rotatable bonds is 5. The minimum absolute atomic E-state index is 0.386. The van der Waals surface area contributed by atoms with Crippen LogP contribution >= 0.6 is 0 Å².